The van der Waals surface area contributed by atoms with E-state index in [0.29, 0.717) is 18.0 Å². The average molecular weight is 413 g/mol. The molecule has 0 bridgehead atoms. The zero-order valence-corrected chi connectivity index (χ0v) is 18.0. The number of hydrogen-bond acceptors (Lipinski definition) is 4. The first kappa shape index (κ1) is 21.9. The molecule has 3 N–H and O–H groups in total. The van der Waals surface area contributed by atoms with E-state index in [-0.39, 0.29) is 29.8 Å². The van der Waals surface area contributed by atoms with Crippen LogP contribution in [0.1, 0.15) is 56.4 Å². The fraction of sp³-hybridized carbons (Fsp3) is 0.522. The topological polar surface area (TPSA) is 95.7 Å². The Morgan fingerprint density at radius 1 is 1.27 bits per heavy atom. The zero-order chi connectivity index (χ0) is 21.7. The van der Waals surface area contributed by atoms with Gasteiger partial charge >= 0.3 is 0 Å². The van der Waals surface area contributed by atoms with Gasteiger partial charge in [0.15, 0.2) is 0 Å². The smallest absolute Gasteiger partial charge is 0.268 e. The Hall–Kier alpha value is -2.83. The summed E-state index contributed by atoms with van der Waals surface area (Å²) in [6, 6.07) is 9.23. The second-order valence-electron chi connectivity index (χ2n) is 8.63. The van der Waals surface area contributed by atoms with Gasteiger partial charge in [0.05, 0.1) is 18.2 Å². The third-order valence-corrected chi connectivity index (χ3v) is 5.90. The van der Waals surface area contributed by atoms with Crippen LogP contribution in [0.3, 0.4) is 0 Å². The molecule has 30 heavy (non-hydrogen) atoms. The van der Waals surface area contributed by atoms with E-state index in [9.17, 15) is 9.59 Å². The van der Waals surface area contributed by atoms with E-state index in [4.69, 9.17) is 5.21 Å². The fourth-order valence-corrected chi connectivity index (χ4v) is 4.40. The second-order valence-corrected chi connectivity index (χ2v) is 8.63. The van der Waals surface area contributed by atoms with E-state index in [1.165, 1.54) is 6.21 Å². The van der Waals surface area contributed by atoms with Crippen molar-refractivity contribution in [2.75, 3.05) is 0 Å². The van der Waals surface area contributed by atoms with Crippen LogP contribution < -0.4 is 10.6 Å². The summed E-state index contributed by atoms with van der Waals surface area (Å²) in [6.07, 6.45) is 5.51. The van der Waals surface area contributed by atoms with Gasteiger partial charge in [0.1, 0.15) is 5.69 Å². The van der Waals surface area contributed by atoms with Crippen molar-refractivity contribution in [1.29, 1.82) is 0 Å². The molecule has 2 aromatic rings. The second kappa shape index (κ2) is 9.78. The molecule has 0 saturated heterocycles. The van der Waals surface area contributed by atoms with E-state index in [2.05, 4.69) is 29.6 Å². The Bertz CT molecular complexity index is 918. The van der Waals surface area contributed by atoms with Gasteiger partial charge in [-0.15, -0.1) is 0 Å². The highest BCUT2D eigenvalue weighted by Gasteiger charge is 2.33. The van der Waals surface area contributed by atoms with Gasteiger partial charge < -0.3 is 20.4 Å². The predicted molar refractivity (Wildman–Crippen MR) is 118 cm³/mol. The molecule has 3 rings (SSSR count). The number of aromatic nitrogens is 1. The number of rotatable bonds is 7. The summed E-state index contributed by atoms with van der Waals surface area (Å²) in [5, 5.41) is 19.1. The number of nitrogens with zero attached hydrogens (tertiary/aromatic N) is 2. The number of amides is 2. The monoisotopic (exact) mass is 412 g/mol. The average Bonchev–Trinajstić information content (AvgIpc) is 3.05. The van der Waals surface area contributed by atoms with Crippen molar-refractivity contribution in [3.8, 4) is 0 Å². The maximum atomic E-state index is 13.0. The molecule has 0 aliphatic heterocycles. The van der Waals surface area contributed by atoms with E-state index >= 15 is 0 Å². The van der Waals surface area contributed by atoms with Crippen LogP contribution in [-0.2, 0) is 11.8 Å². The van der Waals surface area contributed by atoms with Gasteiger partial charge in [-0.05, 0) is 37.3 Å². The maximum Gasteiger partial charge on any atom is 0.268 e. The Kier molecular flexibility index (Phi) is 7.13. The Balaban J connectivity index is 1.72. The molecule has 1 aromatic carbocycles. The van der Waals surface area contributed by atoms with Crippen molar-refractivity contribution < 1.29 is 14.8 Å². The predicted octanol–water partition coefficient (Wildman–Crippen LogP) is 3.46. The molecular weight excluding hydrogens is 380 g/mol. The zero-order valence-electron chi connectivity index (χ0n) is 18.0. The van der Waals surface area contributed by atoms with Crippen molar-refractivity contribution in [2.45, 2.75) is 58.0 Å². The summed E-state index contributed by atoms with van der Waals surface area (Å²) in [6.45, 7) is 4.11. The van der Waals surface area contributed by atoms with E-state index in [1.807, 2.05) is 41.9 Å². The molecule has 1 unspecified atom stereocenters. The highest BCUT2D eigenvalue weighted by atomic mass is 16.4. The molecule has 1 fully saturated rings. The molecule has 162 valence electrons. The molecule has 1 heterocycles. The minimum absolute atomic E-state index is 0.0948. The quantitative estimate of drug-likeness (QED) is 0.369. The number of para-hydroxylation sites is 1. The van der Waals surface area contributed by atoms with Gasteiger partial charge in [0.25, 0.3) is 5.91 Å². The van der Waals surface area contributed by atoms with E-state index in [0.717, 1.165) is 36.6 Å². The number of fused-ring (bicyclic) bond motifs is 1. The van der Waals surface area contributed by atoms with Gasteiger partial charge in [0.2, 0.25) is 5.91 Å². The molecule has 0 radical (unpaired) electrons. The van der Waals surface area contributed by atoms with Crippen LogP contribution in [0.15, 0.2) is 35.5 Å². The molecule has 3 atom stereocenters. The number of carbonyl (C=O) groups excluding carboxylic acids is 2. The van der Waals surface area contributed by atoms with Gasteiger partial charge in [-0.1, -0.05) is 50.0 Å². The largest absolute Gasteiger partial charge is 0.411 e. The third-order valence-electron chi connectivity index (χ3n) is 5.90. The number of carbonyl (C=O) groups is 2. The third kappa shape index (κ3) is 5.01. The lowest BCUT2D eigenvalue weighted by atomic mass is 9.83. The lowest BCUT2D eigenvalue weighted by Crippen LogP contribution is -2.51. The van der Waals surface area contributed by atoms with Crippen molar-refractivity contribution in [3.63, 3.8) is 0 Å². The fourth-order valence-electron chi connectivity index (χ4n) is 4.40. The summed E-state index contributed by atoms with van der Waals surface area (Å²) in [5.41, 5.74) is 1.59. The molecule has 7 nitrogen and oxygen atoms in total. The number of nitrogens with one attached hydrogen (secondary N) is 2. The van der Waals surface area contributed by atoms with Gasteiger partial charge in [0, 0.05) is 24.0 Å². The Morgan fingerprint density at radius 3 is 2.70 bits per heavy atom. The highest BCUT2D eigenvalue weighted by molar-refractivity contribution is 5.99. The lowest BCUT2D eigenvalue weighted by molar-refractivity contribution is -0.127. The minimum atomic E-state index is -0.320. The van der Waals surface area contributed by atoms with E-state index in [1.54, 1.807) is 0 Å². The van der Waals surface area contributed by atoms with Gasteiger partial charge in [-0.3, -0.25) is 9.59 Å². The molecular formula is C23H32N4O3. The lowest BCUT2D eigenvalue weighted by Gasteiger charge is -2.32. The summed E-state index contributed by atoms with van der Waals surface area (Å²) in [4.78, 5) is 26.0. The van der Waals surface area contributed by atoms with Crippen LogP contribution in [0.4, 0.5) is 0 Å². The first-order valence-electron chi connectivity index (χ1n) is 10.7. The molecule has 2 amide bonds. The number of oxime groups is 1. The molecule has 1 aromatic heterocycles. The molecule has 1 aliphatic carbocycles. The Morgan fingerprint density at radius 2 is 2.00 bits per heavy atom. The Labute approximate surface area is 177 Å². The maximum absolute atomic E-state index is 13.0. The molecule has 1 saturated carbocycles. The van der Waals surface area contributed by atoms with Gasteiger partial charge in [-0.2, -0.15) is 0 Å². The van der Waals surface area contributed by atoms with Crippen molar-refractivity contribution in [2.24, 2.45) is 24.0 Å². The first-order valence-corrected chi connectivity index (χ1v) is 10.7. The van der Waals surface area contributed by atoms with Crippen LogP contribution in [0.5, 0.6) is 0 Å². The molecule has 7 heteroatoms. The van der Waals surface area contributed by atoms with E-state index < -0.39 is 0 Å². The van der Waals surface area contributed by atoms with Crippen LogP contribution in [0.2, 0.25) is 0 Å². The number of hydrogen-bond donors (Lipinski definition) is 3. The summed E-state index contributed by atoms with van der Waals surface area (Å²) < 4.78 is 1.89. The van der Waals surface area contributed by atoms with Gasteiger partial charge in [-0.25, -0.2) is 0 Å². The summed E-state index contributed by atoms with van der Waals surface area (Å²) in [5.74, 6) is -0.197. The van der Waals surface area contributed by atoms with Crippen molar-refractivity contribution in [3.05, 3.63) is 36.0 Å². The SMILES string of the molecule is CC(C)CC(C=NO)NC(=O)[C@@H]1CCCC[C@@H]1NC(=O)c1cc2ccccc2n1C. The number of aryl methyl sites for hydroxylation is 1. The van der Waals surface area contributed by atoms with Crippen LogP contribution >= 0.6 is 0 Å². The normalized spacial score (nSPS) is 20.5. The minimum Gasteiger partial charge on any atom is -0.411 e. The highest BCUT2D eigenvalue weighted by Crippen LogP contribution is 2.26. The van der Waals surface area contributed by atoms with Crippen LogP contribution in [-0.4, -0.2) is 39.9 Å². The first-order chi connectivity index (χ1) is 14.4. The molecule has 1 aliphatic rings. The van der Waals surface area contributed by atoms with Crippen LogP contribution in [0.25, 0.3) is 10.9 Å². The molecule has 0 spiro atoms. The standard InChI is InChI=1S/C23H32N4O3/c1-15(2)12-17(14-24-30)25-22(28)18-9-5-6-10-19(18)26-23(29)21-13-16-8-4-7-11-20(16)27(21)3/h4,7-8,11,13-15,17-19,30H,5-6,9-10,12H2,1-3H3,(H,25,28)(H,26,29)/t17?,18-,19+/m1/s1. The van der Waals surface area contributed by atoms with Crippen LogP contribution in [0, 0.1) is 11.8 Å². The van der Waals surface area contributed by atoms with Crippen molar-refractivity contribution >= 4 is 28.9 Å². The summed E-state index contributed by atoms with van der Waals surface area (Å²) in [7, 11) is 1.88. The van der Waals surface area contributed by atoms with Crippen molar-refractivity contribution in [1.82, 2.24) is 15.2 Å². The number of benzene rings is 1. The summed E-state index contributed by atoms with van der Waals surface area (Å²) >= 11 is 0.